The summed E-state index contributed by atoms with van der Waals surface area (Å²) in [4.78, 5) is 11.9. The standard InChI is InChI=1S/C12H16BrNO2/c1-8(6-7-15)14-12(16)10-4-3-5-11(13)9(10)2/h3-5,8,15H,6-7H2,1-2H3,(H,14,16). The van der Waals surface area contributed by atoms with Crippen LogP contribution in [0.25, 0.3) is 0 Å². The van der Waals surface area contributed by atoms with E-state index in [9.17, 15) is 4.79 Å². The molecule has 0 aliphatic carbocycles. The maximum absolute atomic E-state index is 11.9. The monoisotopic (exact) mass is 285 g/mol. The molecule has 1 atom stereocenters. The van der Waals surface area contributed by atoms with Gasteiger partial charge in [-0.05, 0) is 38.0 Å². The highest BCUT2D eigenvalue weighted by atomic mass is 79.9. The number of hydrogen-bond donors (Lipinski definition) is 2. The van der Waals surface area contributed by atoms with Gasteiger partial charge in [0.1, 0.15) is 0 Å². The molecule has 0 fully saturated rings. The molecule has 1 aromatic rings. The number of aliphatic hydroxyl groups excluding tert-OH is 1. The molecule has 3 nitrogen and oxygen atoms in total. The molecule has 0 aliphatic heterocycles. The van der Waals surface area contributed by atoms with Gasteiger partial charge in [0.05, 0.1) is 0 Å². The van der Waals surface area contributed by atoms with Gasteiger partial charge in [-0.1, -0.05) is 22.0 Å². The predicted octanol–water partition coefficient (Wildman–Crippen LogP) is 2.26. The van der Waals surface area contributed by atoms with E-state index in [4.69, 9.17) is 5.11 Å². The molecular weight excluding hydrogens is 270 g/mol. The van der Waals surface area contributed by atoms with Gasteiger partial charge in [0.15, 0.2) is 0 Å². The second-order valence-electron chi connectivity index (χ2n) is 3.80. The van der Waals surface area contributed by atoms with Crippen LogP contribution in [0.5, 0.6) is 0 Å². The van der Waals surface area contributed by atoms with Crippen LogP contribution in [0.1, 0.15) is 29.3 Å². The van der Waals surface area contributed by atoms with Crippen molar-refractivity contribution >= 4 is 21.8 Å². The lowest BCUT2D eigenvalue weighted by atomic mass is 10.1. The fourth-order valence-corrected chi connectivity index (χ4v) is 1.79. The molecule has 0 saturated carbocycles. The van der Waals surface area contributed by atoms with E-state index in [2.05, 4.69) is 21.2 Å². The third-order valence-electron chi connectivity index (χ3n) is 2.45. The summed E-state index contributed by atoms with van der Waals surface area (Å²) in [6, 6.07) is 5.52. The Kier molecular flexibility index (Phi) is 4.96. The fourth-order valence-electron chi connectivity index (χ4n) is 1.42. The van der Waals surface area contributed by atoms with E-state index >= 15 is 0 Å². The Morgan fingerprint density at radius 1 is 1.56 bits per heavy atom. The molecular formula is C12H16BrNO2. The zero-order valence-corrected chi connectivity index (χ0v) is 11.0. The van der Waals surface area contributed by atoms with Crippen LogP contribution >= 0.6 is 15.9 Å². The first-order valence-corrected chi connectivity index (χ1v) is 6.02. The number of nitrogens with one attached hydrogen (secondary N) is 1. The van der Waals surface area contributed by atoms with Gasteiger partial charge in [-0.15, -0.1) is 0 Å². The van der Waals surface area contributed by atoms with Crippen molar-refractivity contribution in [3.63, 3.8) is 0 Å². The summed E-state index contributed by atoms with van der Waals surface area (Å²) < 4.78 is 0.926. The van der Waals surface area contributed by atoms with Crippen LogP contribution < -0.4 is 5.32 Å². The predicted molar refractivity (Wildman–Crippen MR) is 67.5 cm³/mol. The van der Waals surface area contributed by atoms with Crippen LogP contribution in [0.15, 0.2) is 22.7 Å². The molecule has 1 rings (SSSR count). The minimum absolute atomic E-state index is 0.0177. The Balaban J connectivity index is 2.77. The summed E-state index contributed by atoms with van der Waals surface area (Å²) in [5, 5.41) is 11.6. The number of carbonyl (C=O) groups excluding carboxylic acids is 1. The number of aliphatic hydroxyl groups is 1. The van der Waals surface area contributed by atoms with Crippen molar-refractivity contribution in [3.8, 4) is 0 Å². The molecule has 0 spiro atoms. The van der Waals surface area contributed by atoms with E-state index in [1.54, 1.807) is 6.07 Å². The molecule has 0 bridgehead atoms. The largest absolute Gasteiger partial charge is 0.396 e. The average molecular weight is 286 g/mol. The van der Waals surface area contributed by atoms with E-state index in [0.717, 1.165) is 10.0 Å². The van der Waals surface area contributed by atoms with Crippen LogP contribution in [0, 0.1) is 6.92 Å². The first kappa shape index (κ1) is 13.2. The topological polar surface area (TPSA) is 49.3 Å². The molecule has 88 valence electrons. The third-order valence-corrected chi connectivity index (χ3v) is 3.31. The molecule has 0 heterocycles. The molecule has 1 aromatic carbocycles. The van der Waals surface area contributed by atoms with Crippen molar-refractivity contribution in [1.29, 1.82) is 0 Å². The highest BCUT2D eigenvalue weighted by molar-refractivity contribution is 9.10. The Hall–Kier alpha value is -0.870. The number of benzene rings is 1. The van der Waals surface area contributed by atoms with Gasteiger partial charge >= 0.3 is 0 Å². The molecule has 2 N–H and O–H groups in total. The van der Waals surface area contributed by atoms with E-state index in [1.807, 2.05) is 26.0 Å². The maximum atomic E-state index is 11.9. The SMILES string of the molecule is Cc1c(Br)cccc1C(=O)NC(C)CCO. The fraction of sp³-hybridized carbons (Fsp3) is 0.417. The van der Waals surface area contributed by atoms with Crippen LogP contribution in [-0.4, -0.2) is 23.7 Å². The van der Waals surface area contributed by atoms with Crippen LogP contribution in [0.4, 0.5) is 0 Å². The van der Waals surface area contributed by atoms with Gasteiger partial charge in [0.25, 0.3) is 5.91 Å². The summed E-state index contributed by atoms with van der Waals surface area (Å²) in [5.74, 6) is -0.0975. The first-order chi connectivity index (χ1) is 7.56. The lowest BCUT2D eigenvalue weighted by Gasteiger charge is -2.14. The van der Waals surface area contributed by atoms with Crippen LogP contribution in [0.2, 0.25) is 0 Å². The highest BCUT2D eigenvalue weighted by Gasteiger charge is 2.12. The normalized spacial score (nSPS) is 12.2. The molecule has 4 heteroatoms. The summed E-state index contributed by atoms with van der Waals surface area (Å²) in [6.45, 7) is 3.86. The highest BCUT2D eigenvalue weighted by Crippen LogP contribution is 2.19. The third kappa shape index (κ3) is 3.32. The second-order valence-corrected chi connectivity index (χ2v) is 4.65. The van der Waals surface area contributed by atoms with Gasteiger partial charge < -0.3 is 10.4 Å². The number of rotatable bonds is 4. The van der Waals surface area contributed by atoms with Gasteiger partial charge in [-0.3, -0.25) is 4.79 Å². The zero-order valence-electron chi connectivity index (χ0n) is 9.46. The van der Waals surface area contributed by atoms with Gasteiger partial charge in [0.2, 0.25) is 0 Å². The van der Waals surface area contributed by atoms with Crippen molar-refractivity contribution in [2.75, 3.05) is 6.61 Å². The summed E-state index contributed by atoms with van der Waals surface area (Å²) >= 11 is 3.39. The van der Waals surface area contributed by atoms with E-state index in [-0.39, 0.29) is 18.6 Å². The second kappa shape index (κ2) is 6.01. The van der Waals surface area contributed by atoms with Crippen LogP contribution in [-0.2, 0) is 0 Å². The summed E-state index contributed by atoms with van der Waals surface area (Å²) in [6.07, 6.45) is 0.568. The molecule has 1 amide bonds. The number of hydrogen-bond acceptors (Lipinski definition) is 2. The quantitative estimate of drug-likeness (QED) is 0.892. The van der Waals surface area contributed by atoms with E-state index in [0.29, 0.717) is 12.0 Å². The molecule has 16 heavy (non-hydrogen) atoms. The van der Waals surface area contributed by atoms with Crippen molar-refractivity contribution in [2.45, 2.75) is 26.3 Å². The first-order valence-electron chi connectivity index (χ1n) is 5.23. The van der Waals surface area contributed by atoms with E-state index in [1.165, 1.54) is 0 Å². The number of amides is 1. The Labute approximate surface area is 104 Å². The molecule has 0 radical (unpaired) electrons. The van der Waals surface area contributed by atoms with Crippen molar-refractivity contribution < 1.29 is 9.90 Å². The average Bonchev–Trinajstić information content (AvgIpc) is 2.22. The number of halogens is 1. The molecule has 0 aliphatic rings. The summed E-state index contributed by atoms with van der Waals surface area (Å²) in [7, 11) is 0. The number of carbonyl (C=O) groups is 1. The van der Waals surface area contributed by atoms with Gasteiger partial charge in [-0.25, -0.2) is 0 Å². The van der Waals surface area contributed by atoms with Crippen molar-refractivity contribution in [1.82, 2.24) is 5.32 Å². The van der Waals surface area contributed by atoms with Gasteiger partial charge in [0, 0.05) is 22.7 Å². The minimum atomic E-state index is -0.0975. The lowest BCUT2D eigenvalue weighted by molar-refractivity contribution is 0.0933. The van der Waals surface area contributed by atoms with Crippen molar-refractivity contribution in [2.24, 2.45) is 0 Å². The Bertz CT molecular complexity index is 379. The molecule has 0 aromatic heterocycles. The Morgan fingerprint density at radius 3 is 2.88 bits per heavy atom. The lowest BCUT2D eigenvalue weighted by Crippen LogP contribution is -2.33. The maximum Gasteiger partial charge on any atom is 0.251 e. The zero-order chi connectivity index (χ0) is 12.1. The minimum Gasteiger partial charge on any atom is -0.396 e. The Morgan fingerprint density at radius 2 is 2.25 bits per heavy atom. The van der Waals surface area contributed by atoms with Crippen molar-refractivity contribution in [3.05, 3.63) is 33.8 Å². The smallest absolute Gasteiger partial charge is 0.251 e. The van der Waals surface area contributed by atoms with Gasteiger partial charge in [-0.2, -0.15) is 0 Å². The van der Waals surface area contributed by atoms with Crippen LogP contribution in [0.3, 0.4) is 0 Å². The van der Waals surface area contributed by atoms with E-state index < -0.39 is 0 Å². The molecule has 0 saturated heterocycles. The summed E-state index contributed by atoms with van der Waals surface area (Å²) in [5.41, 5.74) is 1.59. The molecule has 1 unspecified atom stereocenters.